The molecule has 5 heteroatoms. The first-order valence-corrected chi connectivity index (χ1v) is 7.25. The van der Waals surface area contributed by atoms with Crippen LogP contribution in [0.1, 0.15) is 56.7 Å². The van der Waals surface area contributed by atoms with Crippen LogP contribution in [-0.2, 0) is 7.05 Å². The van der Waals surface area contributed by atoms with Gasteiger partial charge in [0.25, 0.3) is 0 Å². The third kappa shape index (κ3) is 3.05. The van der Waals surface area contributed by atoms with Gasteiger partial charge < -0.3 is 0 Å². The predicted octanol–water partition coefficient (Wildman–Crippen LogP) is 2.94. The molecule has 3 N–H and O–H groups in total. The highest BCUT2D eigenvalue weighted by Gasteiger charge is 2.27. The molecular weight excluding hydrogens is 248 g/mol. The van der Waals surface area contributed by atoms with Crippen LogP contribution >= 0.6 is 11.6 Å². The molecule has 0 aromatic carbocycles. The summed E-state index contributed by atoms with van der Waals surface area (Å²) in [5.74, 6) is 6.33. The molecule has 1 saturated carbocycles. The van der Waals surface area contributed by atoms with Gasteiger partial charge >= 0.3 is 0 Å². The Morgan fingerprint density at radius 3 is 2.44 bits per heavy atom. The van der Waals surface area contributed by atoms with Crippen molar-refractivity contribution in [2.75, 3.05) is 0 Å². The van der Waals surface area contributed by atoms with Crippen molar-refractivity contribution in [3.05, 3.63) is 16.9 Å². The Balaban J connectivity index is 2.16. The van der Waals surface area contributed by atoms with Crippen molar-refractivity contribution in [3.63, 3.8) is 0 Å². The highest BCUT2D eigenvalue weighted by molar-refractivity contribution is 6.31. The fraction of sp³-hybridized carbons (Fsp3) is 0.769. The van der Waals surface area contributed by atoms with Crippen LogP contribution in [0.2, 0.25) is 5.02 Å². The third-order valence-corrected chi connectivity index (χ3v) is 4.32. The maximum Gasteiger partial charge on any atom is 0.0834 e. The number of nitrogens with one attached hydrogen (secondary N) is 1. The summed E-state index contributed by atoms with van der Waals surface area (Å²) in [6.07, 6.45) is 10.8. The minimum atomic E-state index is 0.114. The number of aryl methyl sites for hydroxylation is 1. The van der Waals surface area contributed by atoms with E-state index in [1.807, 2.05) is 11.7 Å². The lowest BCUT2D eigenvalue weighted by Gasteiger charge is -2.28. The van der Waals surface area contributed by atoms with Crippen molar-refractivity contribution in [2.45, 2.75) is 51.0 Å². The monoisotopic (exact) mass is 270 g/mol. The minimum Gasteiger partial charge on any atom is -0.271 e. The molecule has 0 saturated heterocycles. The molecule has 2 rings (SSSR count). The van der Waals surface area contributed by atoms with Crippen LogP contribution < -0.4 is 11.3 Å². The SMILES string of the molecule is Cn1ncc(Cl)c1C(NN)C1CCCCCCC1. The van der Waals surface area contributed by atoms with Crippen molar-refractivity contribution in [1.29, 1.82) is 0 Å². The standard InChI is InChI=1S/C13H23ClN4/c1-18-13(11(14)9-16-18)12(17-15)10-7-5-3-2-4-6-8-10/h9-10,12,17H,2-8,15H2,1H3. The molecule has 1 atom stereocenters. The average Bonchev–Trinajstić information content (AvgIpc) is 2.64. The van der Waals surface area contributed by atoms with Gasteiger partial charge in [-0.25, -0.2) is 0 Å². The molecule has 18 heavy (non-hydrogen) atoms. The molecule has 0 radical (unpaired) electrons. The second-order valence-corrected chi connectivity index (χ2v) is 5.66. The Morgan fingerprint density at radius 1 is 1.33 bits per heavy atom. The van der Waals surface area contributed by atoms with Gasteiger partial charge in [-0.15, -0.1) is 0 Å². The van der Waals surface area contributed by atoms with Crippen molar-refractivity contribution >= 4 is 11.6 Å². The van der Waals surface area contributed by atoms with Crippen molar-refractivity contribution < 1.29 is 0 Å². The van der Waals surface area contributed by atoms with E-state index in [1.54, 1.807) is 6.20 Å². The molecule has 1 fully saturated rings. The molecule has 1 aliphatic rings. The summed E-state index contributed by atoms with van der Waals surface area (Å²) in [6, 6.07) is 0.114. The lowest BCUT2D eigenvalue weighted by Crippen LogP contribution is -2.35. The summed E-state index contributed by atoms with van der Waals surface area (Å²) < 4.78 is 1.84. The molecule has 1 aliphatic carbocycles. The van der Waals surface area contributed by atoms with E-state index in [-0.39, 0.29) is 6.04 Å². The van der Waals surface area contributed by atoms with Crippen LogP contribution in [0, 0.1) is 5.92 Å². The first kappa shape index (κ1) is 13.8. The second kappa shape index (κ2) is 6.55. The number of hydrazine groups is 1. The third-order valence-electron chi connectivity index (χ3n) is 4.03. The summed E-state index contributed by atoms with van der Waals surface area (Å²) in [6.45, 7) is 0. The highest BCUT2D eigenvalue weighted by Crippen LogP contribution is 2.34. The molecule has 102 valence electrons. The van der Waals surface area contributed by atoms with Gasteiger partial charge in [0.2, 0.25) is 0 Å². The zero-order chi connectivity index (χ0) is 13.0. The van der Waals surface area contributed by atoms with Gasteiger partial charge in [-0.05, 0) is 18.8 Å². The molecular formula is C13H23ClN4. The van der Waals surface area contributed by atoms with E-state index in [4.69, 9.17) is 17.4 Å². The van der Waals surface area contributed by atoms with Gasteiger partial charge in [-0.1, -0.05) is 43.7 Å². The maximum absolute atomic E-state index is 6.23. The van der Waals surface area contributed by atoms with Gasteiger partial charge in [-0.2, -0.15) is 5.10 Å². The van der Waals surface area contributed by atoms with E-state index in [0.717, 1.165) is 5.69 Å². The number of hydrogen-bond donors (Lipinski definition) is 2. The number of nitrogens with zero attached hydrogens (tertiary/aromatic N) is 2. The Hall–Kier alpha value is -0.580. The van der Waals surface area contributed by atoms with Crippen molar-refractivity contribution in [3.8, 4) is 0 Å². The van der Waals surface area contributed by atoms with Crippen LogP contribution in [0.15, 0.2) is 6.20 Å². The number of halogens is 1. The fourth-order valence-corrected chi connectivity index (χ4v) is 3.31. The van der Waals surface area contributed by atoms with E-state index in [0.29, 0.717) is 10.9 Å². The van der Waals surface area contributed by atoms with E-state index >= 15 is 0 Å². The number of aromatic nitrogens is 2. The fourth-order valence-electron chi connectivity index (χ4n) is 3.03. The van der Waals surface area contributed by atoms with Crippen molar-refractivity contribution in [2.24, 2.45) is 18.8 Å². The van der Waals surface area contributed by atoms with Crippen LogP contribution in [0.5, 0.6) is 0 Å². The topological polar surface area (TPSA) is 55.9 Å². The molecule has 0 amide bonds. The Morgan fingerprint density at radius 2 is 1.94 bits per heavy atom. The summed E-state index contributed by atoms with van der Waals surface area (Å²) in [5.41, 5.74) is 3.98. The average molecular weight is 271 g/mol. The molecule has 1 heterocycles. The van der Waals surface area contributed by atoms with Crippen LogP contribution in [-0.4, -0.2) is 9.78 Å². The van der Waals surface area contributed by atoms with Gasteiger partial charge in [0.05, 0.1) is 23.0 Å². The zero-order valence-corrected chi connectivity index (χ0v) is 11.8. The Labute approximate surface area is 114 Å². The molecule has 0 spiro atoms. The quantitative estimate of drug-likeness (QED) is 0.656. The number of hydrogen-bond acceptors (Lipinski definition) is 3. The summed E-state index contributed by atoms with van der Waals surface area (Å²) in [7, 11) is 1.93. The molecule has 1 aromatic rings. The summed E-state index contributed by atoms with van der Waals surface area (Å²) in [5, 5.41) is 4.92. The van der Waals surface area contributed by atoms with Gasteiger partial charge in [0.1, 0.15) is 0 Å². The molecule has 1 aromatic heterocycles. The Kier molecular flexibility index (Phi) is 5.03. The zero-order valence-electron chi connectivity index (χ0n) is 11.0. The smallest absolute Gasteiger partial charge is 0.0834 e. The molecule has 0 bridgehead atoms. The maximum atomic E-state index is 6.23. The van der Waals surface area contributed by atoms with E-state index in [1.165, 1.54) is 44.9 Å². The van der Waals surface area contributed by atoms with E-state index < -0.39 is 0 Å². The van der Waals surface area contributed by atoms with E-state index in [2.05, 4.69) is 10.5 Å². The van der Waals surface area contributed by atoms with Gasteiger partial charge in [-0.3, -0.25) is 16.0 Å². The van der Waals surface area contributed by atoms with Crippen LogP contribution in [0.3, 0.4) is 0 Å². The number of rotatable bonds is 3. The highest BCUT2D eigenvalue weighted by atomic mass is 35.5. The first-order valence-electron chi connectivity index (χ1n) is 6.87. The first-order chi connectivity index (χ1) is 8.74. The van der Waals surface area contributed by atoms with Crippen molar-refractivity contribution in [1.82, 2.24) is 15.2 Å². The summed E-state index contributed by atoms with van der Waals surface area (Å²) in [4.78, 5) is 0. The lowest BCUT2D eigenvalue weighted by atomic mass is 9.85. The van der Waals surface area contributed by atoms with E-state index in [9.17, 15) is 0 Å². The molecule has 0 aliphatic heterocycles. The van der Waals surface area contributed by atoms with Crippen LogP contribution in [0.25, 0.3) is 0 Å². The number of nitrogens with two attached hydrogens (primary N) is 1. The van der Waals surface area contributed by atoms with Crippen LogP contribution in [0.4, 0.5) is 0 Å². The minimum absolute atomic E-state index is 0.114. The second-order valence-electron chi connectivity index (χ2n) is 5.25. The Bertz CT molecular complexity index is 350. The normalized spacial score (nSPS) is 20.4. The van der Waals surface area contributed by atoms with Gasteiger partial charge in [0.15, 0.2) is 0 Å². The summed E-state index contributed by atoms with van der Waals surface area (Å²) >= 11 is 6.23. The largest absolute Gasteiger partial charge is 0.271 e. The molecule has 1 unspecified atom stereocenters. The predicted molar refractivity (Wildman–Crippen MR) is 74.1 cm³/mol. The molecule has 4 nitrogen and oxygen atoms in total. The lowest BCUT2D eigenvalue weighted by molar-refractivity contribution is 0.281. The van der Waals surface area contributed by atoms with Gasteiger partial charge in [0, 0.05) is 7.05 Å².